The average Bonchev–Trinajstić information content (AvgIpc) is 3.31. The largest absolute Gasteiger partial charge is 0.0958 e. The molecule has 0 atom stereocenters. The van der Waals surface area contributed by atoms with Crippen LogP contribution in [0.4, 0.5) is 0 Å². The lowest BCUT2D eigenvalue weighted by Gasteiger charge is -2.48. The summed E-state index contributed by atoms with van der Waals surface area (Å²) in [6.45, 7) is 30.6. The molecule has 0 unspecified atom stereocenters. The van der Waals surface area contributed by atoms with E-state index < -0.39 is 16.1 Å². The van der Waals surface area contributed by atoms with E-state index in [0.717, 1.165) is 0 Å². The Morgan fingerprint density at radius 2 is 0.470 bits per heavy atom. The minimum absolute atomic E-state index is 0.576. The molecular formula is C64H70Si2. The molecule has 0 fully saturated rings. The number of rotatable bonds is 12. The molecule has 0 heterocycles. The Balaban J connectivity index is 1.20. The molecular weight excluding hydrogens is 825 g/mol. The van der Waals surface area contributed by atoms with Gasteiger partial charge in [0.2, 0.25) is 0 Å². The maximum atomic E-state index is 2.67. The highest BCUT2D eigenvalue weighted by atomic mass is 28.3. The van der Waals surface area contributed by atoms with E-state index in [1.54, 1.807) is 15.8 Å². The van der Waals surface area contributed by atoms with Crippen molar-refractivity contribution in [3.63, 3.8) is 0 Å². The summed E-state index contributed by atoms with van der Waals surface area (Å²) in [6.07, 6.45) is 0. The fraction of sp³-hybridized carbons (Fsp3) is 0.281. The first-order chi connectivity index (χ1) is 31.7. The molecule has 0 aromatic heterocycles. The predicted molar refractivity (Wildman–Crippen MR) is 300 cm³/mol. The van der Waals surface area contributed by atoms with Crippen LogP contribution in [0.15, 0.2) is 170 Å². The first-order valence-electron chi connectivity index (χ1n) is 24.9. The van der Waals surface area contributed by atoms with Gasteiger partial charge in [-0.15, -0.1) is 0 Å². The molecule has 0 aliphatic heterocycles. The predicted octanol–water partition coefficient (Wildman–Crippen LogP) is 18.7. The Kier molecular flexibility index (Phi) is 12.4. The maximum Gasteiger partial charge on any atom is 0.0958 e. The molecule has 0 nitrogen and oxygen atoms in total. The van der Waals surface area contributed by atoms with Gasteiger partial charge in [0.1, 0.15) is 0 Å². The van der Waals surface area contributed by atoms with Crippen LogP contribution in [-0.2, 0) is 0 Å². The Hall–Kier alpha value is -5.55. The molecule has 0 saturated heterocycles. The van der Waals surface area contributed by atoms with Crippen molar-refractivity contribution in [2.24, 2.45) is 0 Å². The molecule has 9 aromatic carbocycles. The Bertz CT molecular complexity index is 3120. The van der Waals surface area contributed by atoms with E-state index in [0.29, 0.717) is 33.2 Å². The third-order valence-electron chi connectivity index (χ3n) is 16.3. The van der Waals surface area contributed by atoms with Crippen molar-refractivity contribution >= 4 is 69.6 Å². The van der Waals surface area contributed by atoms with Crippen molar-refractivity contribution in [2.75, 3.05) is 0 Å². The van der Waals surface area contributed by atoms with Crippen LogP contribution < -0.4 is 10.4 Å². The van der Waals surface area contributed by atoms with Gasteiger partial charge in [0.25, 0.3) is 0 Å². The number of benzene rings is 9. The second-order valence-electron chi connectivity index (χ2n) is 21.3. The molecule has 66 heavy (non-hydrogen) atoms. The van der Waals surface area contributed by atoms with Crippen molar-refractivity contribution in [2.45, 2.75) is 116 Å². The molecule has 9 rings (SSSR count). The Morgan fingerprint density at radius 3 is 0.788 bits per heavy atom. The quantitative estimate of drug-likeness (QED) is 0.0847. The summed E-state index contributed by atoms with van der Waals surface area (Å²) in [7, 11) is -4.40. The van der Waals surface area contributed by atoms with Crippen LogP contribution in [-0.4, -0.2) is 16.1 Å². The van der Waals surface area contributed by atoms with Crippen LogP contribution in [0.3, 0.4) is 0 Å². The maximum absolute atomic E-state index is 2.67. The molecule has 0 saturated carbocycles. The SMILES string of the molecule is CC(C)[Si](c1c2cc3ccccc3cc2c([Si](C(C)C)(C(C)C)C(C)C)c2cc3cc(-c4ccc(-c5ccc(-c6ccc(-c7ccccc7)cc6)cc5)cc4)ccc3cc12)(C(C)C)C(C)C. The average molecular weight is 895 g/mol. The van der Waals surface area contributed by atoms with Gasteiger partial charge in [-0.25, -0.2) is 0 Å². The van der Waals surface area contributed by atoms with Gasteiger partial charge in [-0.3, -0.25) is 0 Å². The van der Waals surface area contributed by atoms with Crippen LogP contribution in [0.5, 0.6) is 0 Å². The molecule has 0 amide bonds. The van der Waals surface area contributed by atoms with Crippen molar-refractivity contribution in [3.8, 4) is 44.5 Å². The minimum atomic E-state index is -2.21. The van der Waals surface area contributed by atoms with Gasteiger partial charge >= 0.3 is 0 Å². The number of fused-ring (bicyclic) bond motifs is 4. The summed E-state index contributed by atoms with van der Waals surface area (Å²) in [5.41, 5.74) is 13.4. The second-order valence-corrected chi connectivity index (χ2v) is 33.0. The van der Waals surface area contributed by atoms with Gasteiger partial charge in [0.05, 0.1) is 16.1 Å². The standard InChI is InChI=1S/C64H70Si2/c1-41(2)65(42(3)4,43(5)6)63-59-37-54-20-16-17-21-55(54)38-60(59)64(66(44(7)8,45(9)10)46(11)12)62-40-58-36-56(34-35-57(58)39-61(62)63)53-32-30-52(31-33-53)51-28-26-50(27-29-51)49-24-22-48(23-25-49)47-18-14-13-15-19-47/h13-46H,1-12H3. The zero-order valence-corrected chi connectivity index (χ0v) is 43.6. The zero-order valence-electron chi connectivity index (χ0n) is 41.6. The smallest absolute Gasteiger partial charge is 0.0648 e. The Morgan fingerprint density at radius 1 is 0.227 bits per heavy atom. The van der Waals surface area contributed by atoms with Gasteiger partial charge < -0.3 is 0 Å². The Labute approximate surface area is 398 Å². The van der Waals surface area contributed by atoms with Crippen LogP contribution >= 0.6 is 0 Å². The summed E-state index contributed by atoms with van der Waals surface area (Å²) < 4.78 is 0. The van der Waals surface area contributed by atoms with Crippen molar-refractivity contribution < 1.29 is 0 Å². The molecule has 0 aliphatic rings. The minimum Gasteiger partial charge on any atom is -0.0648 e. The summed E-state index contributed by atoms with van der Waals surface area (Å²) >= 11 is 0. The topological polar surface area (TPSA) is 0 Å². The van der Waals surface area contributed by atoms with Crippen molar-refractivity contribution in [3.05, 3.63) is 170 Å². The molecule has 2 heteroatoms. The van der Waals surface area contributed by atoms with Gasteiger partial charge in [0, 0.05) is 0 Å². The molecule has 0 spiro atoms. The van der Waals surface area contributed by atoms with E-state index in [2.05, 4.69) is 253 Å². The van der Waals surface area contributed by atoms with Gasteiger partial charge in [0.15, 0.2) is 0 Å². The lowest BCUT2D eigenvalue weighted by molar-refractivity contribution is 0.835. The summed E-state index contributed by atoms with van der Waals surface area (Å²) in [4.78, 5) is 0. The summed E-state index contributed by atoms with van der Waals surface area (Å²) in [5.74, 6) is 0. The van der Waals surface area contributed by atoms with E-state index in [1.807, 2.05) is 0 Å². The monoisotopic (exact) mass is 895 g/mol. The van der Waals surface area contributed by atoms with E-state index >= 15 is 0 Å². The van der Waals surface area contributed by atoms with Crippen LogP contribution in [0, 0.1) is 0 Å². The van der Waals surface area contributed by atoms with Crippen molar-refractivity contribution in [1.29, 1.82) is 0 Å². The molecule has 9 aromatic rings. The molecule has 0 radical (unpaired) electrons. The third kappa shape index (κ3) is 7.49. The van der Waals surface area contributed by atoms with Gasteiger partial charge in [-0.05, 0) is 162 Å². The highest BCUT2D eigenvalue weighted by Crippen LogP contribution is 2.48. The highest BCUT2D eigenvalue weighted by molar-refractivity contribution is 7.01. The first-order valence-corrected chi connectivity index (χ1v) is 29.4. The van der Waals surface area contributed by atoms with Crippen LogP contribution in [0.1, 0.15) is 83.1 Å². The van der Waals surface area contributed by atoms with E-state index in [9.17, 15) is 0 Å². The highest BCUT2D eigenvalue weighted by Gasteiger charge is 2.50. The lowest BCUT2D eigenvalue weighted by Crippen LogP contribution is -2.59. The summed E-state index contributed by atoms with van der Waals surface area (Å²) in [5, 5.41) is 15.0. The molecule has 0 bridgehead atoms. The fourth-order valence-electron chi connectivity index (χ4n) is 13.7. The fourth-order valence-corrected chi connectivity index (χ4v) is 27.9. The third-order valence-corrected chi connectivity index (χ3v) is 30.6. The number of hydrogen-bond acceptors (Lipinski definition) is 0. The second kappa shape index (κ2) is 17.9. The lowest BCUT2D eigenvalue weighted by atomic mass is 9.94. The first kappa shape index (κ1) is 45.6. The van der Waals surface area contributed by atoms with Gasteiger partial charge in [-0.1, -0.05) is 223 Å². The normalized spacial score (nSPS) is 12.8. The van der Waals surface area contributed by atoms with Gasteiger partial charge in [-0.2, -0.15) is 0 Å². The molecule has 0 aliphatic carbocycles. The molecule has 334 valence electrons. The number of hydrogen-bond donors (Lipinski definition) is 0. The van der Waals surface area contributed by atoms with E-state index in [4.69, 9.17) is 0 Å². The zero-order chi connectivity index (χ0) is 46.7. The van der Waals surface area contributed by atoms with Crippen LogP contribution in [0.25, 0.3) is 87.6 Å². The summed E-state index contributed by atoms with van der Waals surface area (Å²) in [6, 6.07) is 64.8. The van der Waals surface area contributed by atoms with Crippen LogP contribution in [0.2, 0.25) is 33.2 Å². The van der Waals surface area contributed by atoms with E-state index in [1.165, 1.54) is 82.2 Å². The van der Waals surface area contributed by atoms with Crippen molar-refractivity contribution in [1.82, 2.24) is 0 Å². The molecule has 0 N–H and O–H groups in total. The van der Waals surface area contributed by atoms with E-state index in [-0.39, 0.29) is 0 Å².